The fraction of sp³-hybridized carbons (Fsp3) is 0.643. The number of fused-ring (bicyclic) bond motifs is 1. The van der Waals surface area contributed by atoms with Crippen LogP contribution in [0.5, 0.6) is 0 Å². The Balaban J connectivity index is 1.67. The second-order valence-corrected chi connectivity index (χ2v) is 18.1. The van der Waals surface area contributed by atoms with Gasteiger partial charge >= 0.3 is 215 Å². The van der Waals surface area contributed by atoms with Crippen LogP contribution in [0.15, 0.2) is 55.1 Å². The molecular formula is C28H44O4SeSi. The van der Waals surface area contributed by atoms with Gasteiger partial charge in [-0.3, -0.25) is 0 Å². The number of hydrogen-bond acceptors (Lipinski definition) is 4. The molecule has 0 aromatic heterocycles. The van der Waals surface area contributed by atoms with Crippen molar-refractivity contribution in [2.24, 2.45) is 0 Å². The summed E-state index contributed by atoms with van der Waals surface area (Å²) in [6.07, 6.45) is 7.46. The van der Waals surface area contributed by atoms with Crippen LogP contribution >= 0.6 is 0 Å². The summed E-state index contributed by atoms with van der Waals surface area (Å²) >= 11 is 0.303. The van der Waals surface area contributed by atoms with E-state index >= 15 is 0 Å². The first-order chi connectivity index (χ1) is 16.3. The third-order valence-electron chi connectivity index (χ3n) is 7.20. The Hall–Kier alpha value is -0.724. The molecule has 190 valence electrons. The second kappa shape index (κ2) is 13.0. The van der Waals surface area contributed by atoms with Crippen molar-refractivity contribution in [3.63, 3.8) is 0 Å². The summed E-state index contributed by atoms with van der Waals surface area (Å²) in [4.78, 5) is 0. The van der Waals surface area contributed by atoms with Gasteiger partial charge in [-0.05, 0) is 0 Å². The van der Waals surface area contributed by atoms with E-state index in [1.807, 2.05) is 6.08 Å². The van der Waals surface area contributed by atoms with Gasteiger partial charge in [0.15, 0.2) is 0 Å². The van der Waals surface area contributed by atoms with E-state index in [4.69, 9.17) is 18.6 Å². The molecule has 3 rings (SSSR count). The summed E-state index contributed by atoms with van der Waals surface area (Å²) in [5.41, 5.74) is 1.66. The standard InChI is InChI=1S/C28H44O4SeSi/c1-8-25-28-26(32-27(31-25)19-33-24-15-10-9-11-16-24)17-13-12-14-23(30-28)18-29-34(20(2)3,21(4)5)22(6)7/h8-13,15-16,20-23,25-28H,1,14,17-19H2,2-7H3/b13-12-/t23-,25+,26-,27?,28+/m0/s1. The fourth-order valence-corrected chi connectivity index (χ4v) is 12.9. The molecule has 0 aliphatic carbocycles. The van der Waals surface area contributed by atoms with Crippen LogP contribution in [-0.4, -0.2) is 60.6 Å². The maximum absolute atomic E-state index is 6.88. The van der Waals surface area contributed by atoms with Crippen LogP contribution in [0, 0.1) is 0 Å². The Labute approximate surface area is 214 Å². The molecule has 2 aliphatic rings. The van der Waals surface area contributed by atoms with E-state index in [1.54, 1.807) is 0 Å². The summed E-state index contributed by atoms with van der Waals surface area (Å²) in [6.45, 7) is 18.7. The van der Waals surface area contributed by atoms with E-state index in [2.05, 4.69) is 90.6 Å². The molecule has 1 aromatic carbocycles. The number of hydrogen-bond donors (Lipinski definition) is 0. The van der Waals surface area contributed by atoms with E-state index in [9.17, 15) is 0 Å². The average Bonchev–Trinajstić information content (AvgIpc) is 2.79. The van der Waals surface area contributed by atoms with Gasteiger partial charge in [-0.15, -0.1) is 0 Å². The van der Waals surface area contributed by atoms with Crippen molar-refractivity contribution in [2.75, 3.05) is 6.61 Å². The maximum atomic E-state index is 6.88. The summed E-state index contributed by atoms with van der Waals surface area (Å²) in [5.74, 6) is 0. The van der Waals surface area contributed by atoms with Gasteiger partial charge in [0.2, 0.25) is 0 Å². The predicted octanol–water partition coefficient (Wildman–Crippen LogP) is 6.03. The first-order valence-electron chi connectivity index (χ1n) is 12.8. The molecule has 34 heavy (non-hydrogen) atoms. The fourth-order valence-electron chi connectivity index (χ4n) is 5.67. The molecule has 4 nitrogen and oxygen atoms in total. The van der Waals surface area contributed by atoms with Crippen LogP contribution in [-0.2, 0) is 18.6 Å². The quantitative estimate of drug-likeness (QED) is 0.263. The Morgan fingerprint density at radius 1 is 0.971 bits per heavy atom. The first kappa shape index (κ1) is 27.9. The molecule has 0 amide bonds. The van der Waals surface area contributed by atoms with E-state index in [0.29, 0.717) is 38.2 Å². The van der Waals surface area contributed by atoms with Gasteiger partial charge in [-0.1, -0.05) is 0 Å². The van der Waals surface area contributed by atoms with E-state index < -0.39 is 8.32 Å². The molecule has 0 N–H and O–H groups in total. The molecule has 1 saturated heterocycles. The SMILES string of the molecule is C=C[C@H]1OC(C[Se]c2ccccc2)O[C@H]2C/C=C\C[C@@H](CO[Si](C(C)C)(C(C)C)C(C)C)O[C@@H]21. The predicted molar refractivity (Wildman–Crippen MR) is 144 cm³/mol. The van der Waals surface area contributed by atoms with Crippen LogP contribution in [0.25, 0.3) is 0 Å². The van der Waals surface area contributed by atoms with Gasteiger partial charge in [0.05, 0.1) is 0 Å². The molecule has 0 radical (unpaired) electrons. The van der Waals surface area contributed by atoms with Gasteiger partial charge in [-0.25, -0.2) is 0 Å². The van der Waals surface area contributed by atoms with Crippen molar-refractivity contribution in [2.45, 2.75) is 107 Å². The summed E-state index contributed by atoms with van der Waals surface area (Å²) < 4.78 is 27.7. The van der Waals surface area contributed by atoms with Crippen molar-refractivity contribution in [3.05, 3.63) is 55.1 Å². The van der Waals surface area contributed by atoms with Gasteiger partial charge in [0, 0.05) is 0 Å². The zero-order valence-corrected chi connectivity index (χ0v) is 24.5. The van der Waals surface area contributed by atoms with Gasteiger partial charge in [0.25, 0.3) is 0 Å². The zero-order valence-electron chi connectivity index (χ0n) is 21.8. The topological polar surface area (TPSA) is 36.9 Å². The molecule has 0 bridgehead atoms. The van der Waals surface area contributed by atoms with Gasteiger partial charge < -0.3 is 0 Å². The average molecular weight is 552 g/mol. The molecule has 0 saturated carbocycles. The second-order valence-electron chi connectivity index (χ2n) is 10.4. The van der Waals surface area contributed by atoms with Crippen LogP contribution in [0.2, 0.25) is 21.9 Å². The molecule has 2 aliphatic heterocycles. The number of ether oxygens (including phenoxy) is 3. The summed E-state index contributed by atoms with van der Waals surface area (Å²) in [7, 11) is -1.95. The molecule has 1 fully saturated rings. The number of rotatable bonds is 10. The van der Waals surface area contributed by atoms with Crippen molar-refractivity contribution in [1.29, 1.82) is 0 Å². The van der Waals surface area contributed by atoms with Crippen molar-refractivity contribution >= 4 is 27.7 Å². The molecule has 1 aromatic rings. The van der Waals surface area contributed by atoms with Crippen LogP contribution in [0.3, 0.4) is 0 Å². The Bertz CT molecular complexity index is 760. The normalized spacial score (nSPS) is 29.0. The van der Waals surface area contributed by atoms with Gasteiger partial charge in [-0.2, -0.15) is 0 Å². The molecule has 0 spiro atoms. The minimum atomic E-state index is -1.95. The molecule has 6 heteroatoms. The molecule has 1 unspecified atom stereocenters. The first-order valence-corrected chi connectivity index (χ1v) is 17.0. The van der Waals surface area contributed by atoms with Crippen LogP contribution < -0.4 is 4.46 Å². The Morgan fingerprint density at radius 2 is 1.62 bits per heavy atom. The van der Waals surface area contributed by atoms with Crippen molar-refractivity contribution in [3.8, 4) is 0 Å². The van der Waals surface area contributed by atoms with E-state index in [1.165, 1.54) is 4.46 Å². The summed E-state index contributed by atoms with van der Waals surface area (Å²) in [6, 6.07) is 10.6. The monoisotopic (exact) mass is 552 g/mol. The third kappa shape index (κ3) is 6.73. The minimum absolute atomic E-state index is 0.00749. The molecule has 2 heterocycles. The van der Waals surface area contributed by atoms with E-state index in [-0.39, 0.29) is 30.7 Å². The zero-order chi connectivity index (χ0) is 24.7. The molecular weight excluding hydrogens is 507 g/mol. The summed E-state index contributed by atoms with van der Waals surface area (Å²) in [5, 5.41) is 0.881. The van der Waals surface area contributed by atoms with E-state index in [0.717, 1.165) is 18.2 Å². The van der Waals surface area contributed by atoms with Crippen LogP contribution in [0.1, 0.15) is 54.4 Å². The Kier molecular flexibility index (Phi) is 10.7. The third-order valence-corrected chi connectivity index (χ3v) is 15.5. The van der Waals surface area contributed by atoms with Crippen molar-refractivity contribution < 1.29 is 18.6 Å². The van der Waals surface area contributed by atoms with Crippen LogP contribution in [0.4, 0.5) is 0 Å². The molecule has 5 atom stereocenters. The Morgan fingerprint density at radius 3 is 2.24 bits per heavy atom. The van der Waals surface area contributed by atoms with Crippen molar-refractivity contribution in [1.82, 2.24) is 0 Å². The van der Waals surface area contributed by atoms with Gasteiger partial charge in [0.1, 0.15) is 0 Å². The number of benzene rings is 1.